The molecule has 0 heterocycles. The monoisotopic (exact) mass is 208 g/mol. The Labute approximate surface area is 86.6 Å². The lowest BCUT2D eigenvalue weighted by Crippen LogP contribution is -1.89. The standard InChI is InChI=1S/C9H9ClN4/c10-8-4-1-5-9(11)7(8)3-2-6-13-14-12/h1-5H,6,11H2. The van der Waals surface area contributed by atoms with Crippen LogP contribution >= 0.6 is 11.6 Å². The third-order valence-electron chi connectivity index (χ3n) is 1.62. The lowest BCUT2D eigenvalue weighted by molar-refractivity contribution is 1.22. The number of rotatable bonds is 3. The van der Waals surface area contributed by atoms with Crippen LogP contribution in [0.2, 0.25) is 5.02 Å². The Morgan fingerprint density at radius 1 is 1.57 bits per heavy atom. The Hall–Kier alpha value is -1.64. The van der Waals surface area contributed by atoms with Crippen molar-refractivity contribution in [1.82, 2.24) is 0 Å². The number of hydrogen-bond acceptors (Lipinski definition) is 2. The summed E-state index contributed by atoms with van der Waals surface area (Å²) in [7, 11) is 0. The summed E-state index contributed by atoms with van der Waals surface area (Å²) < 4.78 is 0. The molecule has 0 saturated carbocycles. The molecule has 2 N–H and O–H groups in total. The molecule has 0 aliphatic rings. The van der Waals surface area contributed by atoms with E-state index in [-0.39, 0.29) is 0 Å². The number of halogens is 1. The summed E-state index contributed by atoms with van der Waals surface area (Å²) >= 11 is 5.91. The first-order valence-electron chi connectivity index (χ1n) is 3.97. The molecular weight excluding hydrogens is 200 g/mol. The van der Waals surface area contributed by atoms with Gasteiger partial charge in [-0.05, 0) is 17.7 Å². The van der Waals surface area contributed by atoms with Crippen LogP contribution in [0.4, 0.5) is 5.69 Å². The van der Waals surface area contributed by atoms with Crippen molar-refractivity contribution >= 4 is 23.4 Å². The minimum atomic E-state index is 0.293. The molecule has 0 saturated heterocycles. The first kappa shape index (κ1) is 10.4. The molecule has 5 heteroatoms. The highest BCUT2D eigenvalue weighted by Crippen LogP contribution is 2.22. The van der Waals surface area contributed by atoms with Gasteiger partial charge in [0.2, 0.25) is 0 Å². The maximum absolute atomic E-state index is 8.05. The summed E-state index contributed by atoms with van der Waals surface area (Å²) in [5.41, 5.74) is 15.1. The van der Waals surface area contributed by atoms with Gasteiger partial charge in [0.15, 0.2) is 0 Å². The number of benzene rings is 1. The molecule has 0 aromatic heterocycles. The van der Waals surface area contributed by atoms with Crippen LogP contribution in [0.25, 0.3) is 16.5 Å². The smallest absolute Gasteiger partial charge is 0.0498 e. The van der Waals surface area contributed by atoms with E-state index in [0.717, 1.165) is 5.56 Å². The molecule has 0 aliphatic heterocycles. The molecule has 0 radical (unpaired) electrons. The Kier molecular flexibility index (Phi) is 3.85. The van der Waals surface area contributed by atoms with E-state index in [2.05, 4.69) is 10.0 Å². The van der Waals surface area contributed by atoms with Crippen molar-refractivity contribution in [2.75, 3.05) is 12.3 Å². The summed E-state index contributed by atoms with van der Waals surface area (Å²) in [6.45, 7) is 0.293. The van der Waals surface area contributed by atoms with Crippen LogP contribution in [-0.2, 0) is 0 Å². The highest BCUT2D eigenvalue weighted by molar-refractivity contribution is 6.32. The second kappa shape index (κ2) is 5.17. The molecule has 0 fully saturated rings. The van der Waals surface area contributed by atoms with Crippen LogP contribution in [0.3, 0.4) is 0 Å². The molecular formula is C9H9ClN4. The van der Waals surface area contributed by atoms with E-state index < -0.39 is 0 Å². The van der Waals surface area contributed by atoms with E-state index >= 15 is 0 Å². The Morgan fingerprint density at radius 3 is 3.00 bits per heavy atom. The summed E-state index contributed by atoms with van der Waals surface area (Å²) in [5.74, 6) is 0. The van der Waals surface area contributed by atoms with Gasteiger partial charge in [-0.25, -0.2) is 0 Å². The first-order valence-corrected chi connectivity index (χ1v) is 4.35. The zero-order valence-electron chi connectivity index (χ0n) is 7.39. The van der Waals surface area contributed by atoms with Gasteiger partial charge in [0.05, 0.1) is 0 Å². The van der Waals surface area contributed by atoms with Gasteiger partial charge in [-0.15, -0.1) is 0 Å². The third-order valence-corrected chi connectivity index (χ3v) is 1.95. The average Bonchev–Trinajstić information content (AvgIpc) is 2.16. The molecule has 0 amide bonds. The lowest BCUT2D eigenvalue weighted by atomic mass is 10.1. The molecule has 1 aromatic rings. The van der Waals surface area contributed by atoms with Crippen molar-refractivity contribution < 1.29 is 0 Å². The normalized spacial score (nSPS) is 10.1. The average molecular weight is 209 g/mol. The predicted molar refractivity (Wildman–Crippen MR) is 58.9 cm³/mol. The van der Waals surface area contributed by atoms with Crippen molar-refractivity contribution in [3.05, 3.63) is 45.3 Å². The van der Waals surface area contributed by atoms with Crippen LogP contribution in [-0.4, -0.2) is 6.54 Å². The lowest BCUT2D eigenvalue weighted by Gasteiger charge is -2.01. The highest BCUT2D eigenvalue weighted by Gasteiger charge is 1.98. The number of azide groups is 1. The largest absolute Gasteiger partial charge is 0.398 e. The number of nitrogens with two attached hydrogens (primary N) is 1. The van der Waals surface area contributed by atoms with Gasteiger partial charge in [-0.2, -0.15) is 0 Å². The Bertz CT molecular complexity index is 374. The number of nitrogen functional groups attached to an aromatic ring is 1. The SMILES string of the molecule is [N-]=[N+]=NCC=Cc1c(N)cccc1Cl. The van der Waals surface area contributed by atoms with Crippen molar-refractivity contribution in [1.29, 1.82) is 0 Å². The molecule has 0 spiro atoms. The van der Waals surface area contributed by atoms with Crippen LogP contribution < -0.4 is 5.73 Å². The van der Waals surface area contributed by atoms with Gasteiger partial charge in [0.1, 0.15) is 0 Å². The summed E-state index contributed by atoms with van der Waals surface area (Å²) in [5, 5.41) is 3.94. The van der Waals surface area contributed by atoms with Crippen molar-refractivity contribution in [3.8, 4) is 0 Å². The van der Waals surface area contributed by atoms with Gasteiger partial charge in [0, 0.05) is 27.7 Å². The fraction of sp³-hybridized carbons (Fsp3) is 0.111. The molecule has 1 aromatic carbocycles. The minimum Gasteiger partial charge on any atom is -0.398 e. The minimum absolute atomic E-state index is 0.293. The summed E-state index contributed by atoms with van der Waals surface area (Å²) in [4.78, 5) is 2.62. The molecule has 0 bridgehead atoms. The van der Waals surface area contributed by atoms with Crippen LogP contribution in [0.1, 0.15) is 5.56 Å². The van der Waals surface area contributed by atoms with Gasteiger partial charge in [0.25, 0.3) is 0 Å². The topological polar surface area (TPSA) is 74.8 Å². The van der Waals surface area contributed by atoms with Crippen LogP contribution in [0.5, 0.6) is 0 Å². The molecule has 0 unspecified atom stereocenters. The quantitative estimate of drug-likeness (QED) is 0.352. The van der Waals surface area contributed by atoms with E-state index in [9.17, 15) is 0 Å². The highest BCUT2D eigenvalue weighted by atomic mass is 35.5. The van der Waals surface area contributed by atoms with Crippen molar-refractivity contribution in [2.45, 2.75) is 0 Å². The van der Waals surface area contributed by atoms with Gasteiger partial charge < -0.3 is 5.73 Å². The maximum Gasteiger partial charge on any atom is 0.0498 e. The molecule has 1 rings (SSSR count). The molecule has 4 nitrogen and oxygen atoms in total. The van der Waals surface area contributed by atoms with E-state index in [1.165, 1.54) is 0 Å². The summed E-state index contributed by atoms with van der Waals surface area (Å²) in [6, 6.07) is 5.30. The second-order valence-electron chi connectivity index (χ2n) is 2.56. The molecule has 0 aliphatic carbocycles. The van der Waals surface area contributed by atoms with Gasteiger partial charge >= 0.3 is 0 Å². The number of nitrogens with zero attached hydrogens (tertiary/aromatic N) is 3. The van der Waals surface area contributed by atoms with Crippen molar-refractivity contribution in [2.24, 2.45) is 5.11 Å². The van der Waals surface area contributed by atoms with E-state index in [0.29, 0.717) is 17.3 Å². The summed E-state index contributed by atoms with van der Waals surface area (Å²) in [6.07, 6.45) is 3.45. The number of hydrogen-bond donors (Lipinski definition) is 1. The van der Waals surface area contributed by atoms with E-state index in [4.69, 9.17) is 22.9 Å². The van der Waals surface area contributed by atoms with Crippen molar-refractivity contribution in [3.63, 3.8) is 0 Å². The zero-order chi connectivity index (χ0) is 10.4. The van der Waals surface area contributed by atoms with Gasteiger partial charge in [-0.3, -0.25) is 0 Å². The zero-order valence-corrected chi connectivity index (χ0v) is 8.15. The second-order valence-corrected chi connectivity index (χ2v) is 2.97. The fourth-order valence-electron chi connectivity index (χ4n) is 0.984. The van der Waals surface area contributed by atoms with E-state index in [1.54, 1.807) is 30.4 Å². The third kappa shape index (κ3) is 2.69. The van der Waals surface area contributed by atoms with E-state index in [1.807, 2.05) is 0 Å². The molecule has 14 heavy (non-hydrogen) atoms. The molecule has 0 atom stereocenters. The number of anilines is 1. The van der Waals surface area contributed by atoms with Crippen LogP contribution in [0.15, 0.2) is 29.4 Å². The molecule has 72 valence electrons. The first-order chi connectivity index (χ1) is 6.75. The Balaban J connectivity index is 2.85. The van der Waals surface area contributed by atoms with Crippen LogP contribution in [0, 0.1) is 0 Å². The fourth-order valence-corrected chi connectivity index (χ4v) is 1.23. The predicted octanol–water partition coefficient (Wildman–Crippen LogP) is 3.25. The van der Waals surface area contributed by atoms with Gasteiger partial charge in [-0.1, -0.05) is 34.9 Å². The Morgan fingerprint density at radius 2 is 2.36 bits per heavy atom. The maximum atomic E-state index is 8.05.